The molecule has 0 spiro atoms. The van der Waals surface area contributed by atoms with Crippen molar-refractivity contribution >= 4 is 33.6 Å². The van der Waals surface area contributed by atoms with Crippen molar-refractivity contribution in [2.45, 2.75) is 26.7 Å². The molecule has 6 heteroatoms. The van der Waals surface area contributed by atoms with E-state index in [0.29, 0.717) is 17.7 Å². The van der Waals surface area contributed by atoms with Crippen LogP contribution in [0.15, 0.2) is 48.7 Å². The van der Waals surface area contributed by atoms with Crippen molar-refractivity contribution in [2.24, 2.45) is 5.73 Å². The molecule has 0 aliphatic carbocycles. The Morgan fingerprint density at radius 2 is 1.91 bits per heavy atom. The van der Waals surface area contributed by atoms with E-state index in [-0.39, 0.29) is 19.0 Å². The number of hydrogen-bond acceptors (Lipinski definition) is 5. The van der Waals surface area contributed by atoms with E-state index in [4.69, 9.17) is 20.2 Å². The van der Waals surface area contributed by atoms with Crippen molar-refractivity contribution in [3.05, 3.63) is 70.9 Å². The third-order valence-corrected chi connectivity index (χ3v) is 6.31. The van der Waals surface area contributed by atoms with Crippen molar-refractivity contribution in [3.8, 4) is 16.9 Å². The average Bonchev–Trinajstić information content (AvgIpc) is 2.81. The van der Waals surface area contributed by atoms with Gasteiger partial charge in [0.2, 0.25) is 5.91 Å². The second-order valence-electron chi connectivity index (χ2n) is 8.15. The van der Waals surface area contributed by atoms with Crippen molar-refractivity contribution in [2.75, 3.05) is 13.2 Å². The van der Waals surface area contributed by atoms with Crippen LogP contribution in [-0.2, 0) is 22.4 Å². The first kappa shape index (κ1) is 20.9. The van der Waals surface area contributed by atoms with Gasteiger partial charge in [-0.2, -0.15) is 0 Å². The number of nitrogens with zero attached hydrogens (tertiary/aromatic N) is 1. The van der Waals surface area contributed by atoms with Crippen LogP contribution in [0, 0.1) is 6.92 Å². The number of benzene rings is 3. The Morgan fingerprint density at radius 3 is 2.67 bits per heavy atom. The zero-order valence-corrected chi connectivity index (χ0v) is 18.6. The van der Waals surface area contributed by atoms with Gasteiger partial charge in [0.05, 0.1) is 30.7 Å². The SMILES string of the molecule is CCOC(=O)Cc1c(C)c(C(N)=O)c2ccccc2c1-c1ccc2c3c(ccnc13)CCO2. The summed E-state index contributed by atoms with van der Waals surface area (Å²) in [4.78, 5) is 29.8. The summed E-state index contributed by atoms with van der Waals surface area (Å²) < 4.78 is 11.2. The normalized spacial score (nSPS) is 12.5. The molecule has 0 fully saturated rings. The van der Waals surface area contributed by atoms with Crippen LogP contribution in [0.5, 0.6) is 5.75 Å². The number of carbonyl (C=O) groups excluding carboxylic acids is 2. The molecule has 1 aliphatic heterocycles. The monoisotopic (exact) mass is 440 g/mol. The molecule has 5 rings (SSSR count). The van der Waals surface area contributed by atoms with E-state index in [1.807, 2.05) is 55.6 Å². The third kappa shape index (κ3) is 3.39. The van der Waals surface area contributed by atoms with Crippen molar-refractivity contribution in [3.63, 3.8) is 0 Å². The fraction of sp³-hybridized carbons (Fsp3) is 0.222. The average molecular weight is 440 g/mol. The molecular weight excluding hydrogens is 416 g/mol. The summed E-state index contributed by atoms with van der Waals surface area (Å²) in [6.45, 7) is 4.53. The van der Waals surface area contributed by atoms with E-state index in [1.165, 1.54) is 5.56 Å². The molecule has 1 amide bonds. The minimum Gasteiger partial charge on any atom is -0.493 e. The number of rotatable bonds is 5. The second kappa shape index (κ2) is 8.20. The van der Waals surface area contributed by atoms with Crippen molar-refractivity contribution in [1.82, 2.24) is 4.98 Å². The number of fused-ring (bicyclic) bond motifs is 1. The van der Waals surface area contributed by atoms with Crippen LogP contribution in [0.3, 0.4) is 0 Å². The molecule has 0 bridgehead atoms. The summed E-state index contributed by atoms with van der Waals surface area (Å²) in [7, 11) is 0. The predicted molar refractivity (Wildman–Crippen MR) is 127 cm³/mol. The van der Waals surface area contributed by atoms with E-state index < -0.39 is 5.91 Å². The molecule has 166 valence electrons. The van der Waals surface area contributed by atoms with E-state index >= 15 is 0 Å². The zero-order chi connectivity index (χ0) is 23.1. The van der Waals surface area contributed by atoms with E-state index in [0.717, 1.165) is 50.5 Å². The number of amides is 1. The van der Waals surface area contributed by atoms with Gasteiger partial charge in [-0.25, -0.2) is 0 Å². The van der Waals surface area contributed by atoms with E-state index in [2.05, 4.69) is 0 Å². The Morgan fingerprint density at radius 1 is 1.12 bits per heavy atom. The van der Waals surface area contributed by atoms with Gasteiger partial charge in [-0.1, -0.05) is 24.3 Å². The summed E-state index contributed by atoms with van der Waals surface area (Å²) in [5.74, 6) is -0.0693. The molecule has 2 N–H and O–H groups in total. The van der Waals surface area contributed by atoms with Gasteiger partial charge in [-0.3, -0.25) is 14.6 Å². The maximum atomic E-state index is 12.6. The Kier molecular flexibility index (Phi) is 5.21. The summed E-state index contributed by atoms with van der Waals surface area (Å²) >= 11 is 0. The lowest BCUT2D eigenvalue weighted by Gasteiger charge is -2.23. The Labute approximate surface area is 191 Å². The molecule has 1 aliphatic rings. The Balaban J connectivity index is 1.91. The summed E-state index contributed by atoms with van der Waals surface area (Å²) in [6.07, 6.45) is 2.65. The lowest BCUT2D eigenvalue weighted by molar-refractivity contribution is -0.142. The smallest absolute Gasteiger partial charge is 0.310 e. The first-order valence-corrected chi connectivity index (χ1v) is 11.0. The van der Waals surface area contributed by atoms with Crippen LogP contribution in [0.4, 0.5) is 0 Å². The summed E-state index contributed by atoms with van der Waals surface area (Å²) in [5.41, 5.74) is 11.4. The van der Waals surface area contributed by atoms with Crippen LogP contribution < -0.4 is 10.5 Å². The van der Waals surface area contributed by atoms with Crippen molar-refractivity contribution < 1.29 is 19.1 Å². The molecule has 0 atom stereocenters. The van der Waals surface area contributed by atoms with Crippen LogP contribution in [0.25, 0.3) is 32.8 Å². The zero-order valence-electron chi connectivity index (χ0n) is 18.6. The first-order chi connectivity index (χ1) is 16.0. The quantitative estimate of drug-likeness (QED) is 0.461. The van der Waals surface area contributed by atoms with Gasteiger partial charge in [0.1, 0.15) is 5.75 Å². The maximum absolute atomic E-state index is 12.6. The predicted octanol–water partition coefficient (Wildman–Crippen LogP) is 4.50. The molecule has 0 saturated carbocycles. The molecule has 3 aromatic carbocycles. The van der Waals surface area contributed by atoms with Crippen LogP contribution in [0.1, 0.15) is 34.0 Å². The van der Waals surface area contributed by atoms with E-state index in [9.17, 15) is 9.59 Å². The number of carbonyl (C=O) groups is 2. The lowest BCUT2D eigenvalue weighted by Crippen LogP contribution is -2.17. The molecular formula is C27H24N2O4. The summed E-state index contributed by atoms with van der Waals surface area (Å²) in [5, 5.41) is 2.58. The molecule has 4 aromatic rings. The number of hydrogen-bond donors (Lipinski definition) is 1. The highest BCUT2D eigenvalue weighted by molar-refractivity contribution is 6.15. The third-order valence-electron chi connectivity index (χ3n) is 6.31. The topological polar surface area (TPSA) is 91.5 Å². The number of esters is 1. The van der Waals surface area contributed by atoms with Gasteiger partial charge < -0.3 is 15.2 Å². The fourth-order valence-corrected chi connectivity index (χ4v) is 4.93. The largest absolute Gasteiger partial charge is 0.493 e. The van der Waals surface area contributed by atoms with Gasteiger partial charge in [-0.15, -0.1) is 0 Å². The lowest BCUT2D eigenvalue weighted by atomic mass is 9.83. The second-order valence-corrected chi connectivity index (χ2v) is 8.15. The number of pyridine rings is 1. The maximum Gasteiger partial charge on any atom is 0.310 e. The number of nitrogens with two attached hydrogens (primary N) is 1. The van der Waals surface area contributed by atoms with Crippen LogP contribution in [0.2, 0.25) is 0 Å². The van der Waals surface area contributed by atoms with Gasteiger partial charge in [-0.05, 0) is 65.1 Å². The van der Waals surface area contributed by atoms with Gasteiger partial charge >= 0.3 is 5.97 Å². The van der Waals surface area contributed by atoms with Crippen LogP contribution >= 0.6 is 0 Å². The highest BCUT2D eigenvalue weighted by Crippen LogP contribution is 2.43. The molecule has 33 heavy (non-hydrogen) atoms. The number of aromatic nitrogens is 1. The Hall–Kier alpha value is -3.93. The van der Waals surface area contributed by atoms with Gasteiger partial charge in [0.25, 0.3) is 0 Å². The minimum absolute atomic E-state index is 0.0273. The molecule has 6 nitrogen and oxygen atoms in total. The highest BCUT2D eigenvalue weighted by atomic mass is 16.5. The standard InChI is InChI=1S/C27H24N2O4/c1-3-32-22(30)14-20-15(2)23(27(28)31)17-6-4-5-7-18(17)25(20)19-8-9-21-24-16(11-13-33-21)10-12-29-26(19)24/h4-10,12H,3,11,13-14H2,1-2H3,(H2,28,31). The van der Waals surface area contributed by atoms with Gasteiger partial charge in [0.15, 0.2) is 0 Å². The van der Waals surface area contributed by atoms with Crippen LogP contribution in [-0.4, -0.2) is 30.1 Å². The summed E-state index contributed by atoms with van der Waals surface area (Å²) in [6, 6.07) is 13.6. The Bertz CT molecular complexity index is 1430. The molecule has 1 aromatic heterocycles. The molecule has 0 saturated heterocycles. The molecule has 0 unspecified atom stereocenters. The molecule has 0 radical (unpaired) electrons. The fourth-order valence-electron chi connectivity index (χ4n) is 4.93. The molecule has 2 heterocycles. The minimum atomic E-state index is -0.524. The van der Waals surface area contributed by atoms with Gasteiger partial charge in [0, 0.05) is 23.6 Å². The number of primary amides is 1. The van der Waals surface area contributed by atoms with Crippen molar-refractivity contribution in [1.29, 1.82) is 0 Å². The number of ether oxygens (including phenoxy) is 2. The first-order valence-electron chi connectivity index (χ1n) is 11.0. The van der Waals surface area contributed by atoms with E-state index in [1.54, 1.807) is 6.92 Å². The highest BCUT2D eigenvalue weighted by Gasteiger charge is 2.25.